The second kappa shape index (κ2) is 9.30. The van der Waals surface area contributed by atoms with E-state index in [1.165, 1.54) is 21.5 Å². The zero-order valence-corrected chi connectivity index (χ0v) is 20.4. The maximum absolute atomic E-state index is 4.85. The average Bonchev–Trinajstić information content (AvgIpc) is 3.00. The lowest BCUT2D eigenvalue weighted by Gasteiger charge is -2.12. The van der Waals surface area contributed by atoms with Gasteiger partial charge in [0.15, 0.2) is 5.82 Å². The molecule has 0 saturated heterocycles. The van der Waals surface area contributed by atoms with Gasteiger partial charge in [0.25, 0.3) is 0 Å². The van der Waals surface area contributed by atoms with Crippen LogP contribution in [0.15, 0.2) is 128 Å². The van der Waals surface area contributed by atoms with Crippen LogP contribution in [-0.4, -0.2) is 24.9 Å². The molecule has 0 radical (unpaired) electrons. The van der Waals surface area contributed by atoms with Gasteiger partial charge in [-0.3, -0.25) is 9.97 Å². The van der Waals surface area contributed by atoms with Crippen molar-refractivity contribution in [3.05, 3.63) is 128 Å². The van der Waals surface area contributed by atoms with Gasteiger partial charge >= 0.3 is 0 Å². The van der Waals surface area contributed by atoms with Gasteiger partial charge in [0.2, 0.25) is 0 Å². The molecule has 0 aliphatic rings. The van der Waals surface area contributed by atoms with Crippen LogP contribution >= 0.6 is 0 Å². The maximum atomic E-state index is 4.85. The van der Waals surface area contributed by atoms with Crippen LogP contribution in [-0.2, 0) is 0 Å². The number of aromatic nitrogens is 5. The minimum Gasteiger partial charge on any atom is -0.255 e. The maximum Gasteiger partial charge on any atom is 0.159 e. The Kier molecular flexibility index (Phi) is 5.37. The van der Waals surface area contributed by atoms with Gasteiger partial charge in [-0.05, 0) is 64.0 Å². The predicted octanol–water partition coefficient (Wildman–Crippen LogP) is 7.64. The van der Waals surface area contributed by atoms with E-state index in [2.05, 4.69) is 64.6 Å². The highest BCUT2D eigenvalue weighted by atomic mass is 14.9. The molecule has 178 valence electrons. The molecule has 5 nitrogen and oxygen atoms in total. The van der Waals surface area contributed by atoms with Gasteiger partial charge in [0, 0.05) is 41.5 Å². The van der Waals surface area contributed by atoms with E-state index in [0.717, 1.165) is 39.5 Å². The van der Waals surface area contributed by atoms with Crippen molar-refractivity contribution in [2.45, 2.75) is 0 Å². The summed E-state index contributed by atoms with van der Waals surface area (Å²) in [6.45, 7) is 0. The minimum atomic E-state index is 0.620. The van der Waals surface area contributed by atoms with Crippen molar-refractivity contribution >= 4 is 21.5 Å². The molecule has 0 N–H and O–H groups in total. The van der Waals surface area contributed by atoms with Gasteiger partial charge in [-0.25, -0.2) is 15.0 Å². The van der Waals surface area contributed by atoms with Gasteiger partial charge in [-0.2, -0.15) is 0 Å². The Morgan fingerprint density at radius 3 is 1.47 bits per heavy atom. The van der Waals surface area contributed by atoms with Crippen molar-refractivity contribution in [1.29, 1.82) is 0 Å². The summed E-state index contributed by atoms with van der Waals surface area (Å²) < 4.78 is 0. The third-order valence-corrected chi connectivity index (χ3v) is 6.65. The van der Waals surface area contributed by atoms with E-state index in [-0.39, 0.29) is 0 Å². The molecule has 0 aliphatic carbocycles. The number of benzene rings is 3. The Hall–Kier alpha value is -5.29. The molecule has 0 amide bonds. The summed E-state index contributed by atoms with van der Waals surface area (Å²) in [5.74, 6) is 0.620. The fourth-order valence-electron chi connectivity index (χ4n) is 4.88. The van der Waals surface area contributed by atoms with Crippen LogP contribution in [0.1, 0.15) is 0 Å². The van der Waals surface area contributed by atoms with Gasteiger partial charge < -0.3 is 0 Å². The van der Waals surface area contributed by atoms with Gasteiger partial charge in [-0.1, -0.05) is 60.7 Å². The zero-order chi connectivity index (χ0) is 25.3. The monoisotopic (exact) mass is 487 g/mol. The molecule has 4 heterocycles. The summed E-state index contributed by atoms with van der Waals surface area (Å²) in [4.78, 5) is 23.5. The molecular formula is C33H21N5. The van der Waals surface area contributed by atoms with Gasteiger partial charge in [0.05, 0.1) is 22.8 Å². The summed E-state index contributed by atoms with van der Waals surface area (Å²) in [7, 11) is 0. The lowest BCUT2D eigenvalue weighted by Crippen LogP contribution is -1.96. The van der Waals surface area contributed by atoms with E-state index in [1.54, 1.807) is 12.4 Å². The summed E-state index contributed by atoms with van der Waals surface area (Å²) in [5.41, 5.74) is 6.04. The van der Waals surface area contributed by atoms with E-state index < -0.39 is 0 Å². The van der Waals surface area contributed by atoms with Crippen LogP contribution < -0.4 is 0 Å². The highest BCUT2D eigenvalue weighted by Gasteiger charge is 2.14. The zero-order valence-electron chi connectivity index (χ0n) is 20.4. The van der Waals surface area contributed by atoms with Crippen molar-refractivity contribution in [3.8, 4) is 45.3 Å². The molecule has 7 aromatic rings. The number of nitrogens with zero attached hydrogens (tertiary/aromatic N) is 5. The van der Waals surface area contributed by atoms with E-state index in [1.807, 2.05) is 60.9 Å². The lowest BCUT2D eigenvalue weighted by atomic mass is 9.93. The Bertz CT molecular complexity index is 1790. The van der Waals surface area contributed by atoms with Crippen LogP contribution in [0.4, 0.5) is 0 Å². The quantitative estimate of drug-likeness (QED) is 0.239. The molecule has 0 unspecified atom stereocenters. The van der Waals surface area contributed by atoms with Crippen LogP contribution in [0.25, 0.3) is 66.8 Å². The van der Waals surface area contributed by atoms with Crippen molar-refractivity contribution in [3.63, 3.8) is 0 Å². The topological polar surface area (TPSA) is 64.5 Å². The molecule has 0 bridgehead atoms. The highest BCUT2D eigenvalue weighted by Crippen LogP contribution is 2.36. The smallest absolute Gasteiger partial charge is 0.159 e. The minimum absolute atomic E-state index is 0.620. The second-order valence-corrected chi connectivity index (χ2v) is 9.05. The predicted molar refractivity (Wildman–Crippen MR) is 152 cm³/mol. The molecule has 0 saturated carbocycles. The molecular weight excluding hydrogens is 466 g/mol. The normalized spacial score (nSPS) is 11.2. The average molecular weight is 488 g/mol. The molecule has 5 heteroatoms. The van der Waals surface area contributed by atoms with Crippen molar-refractivity contribution in [1.82, 2.24) is 24.9 Å². The van der Waals surface area contributed by atoms with Gasteiger partial charge in [-0.15, -0.1) is 0 Å². The molecule has 3 aromatic carbocycles. The summed E-state index contributed by atoms with van der Waals surface area (Å²) in [6.07, 6.45) is 7.36. The number of hydrogen-bond donors (Lipinski definition) is 0. The van der Waals surface area contributed by atoms with Crippen LogP contribution in [0.2, 0.25) is 0 Å². The number of hydrogen-bond acceptors (Lipinski definition) is 5. The lowest BCUT2D eigenvalue weighted by molar-refractivity contribution is 1.16. The van der Waals surface area contributed by atoms with Gasteiger partial charge in [0.1, 0.15) is 0 Å². The Morgan fingerprint density at radius 2 is 0.947 bits per heavy atom. The largest absolute Gasteiger partial charge is 0.255 e. The molecule has 38 heavy (non-hydrogen) atoms. The number of pyridine rings is 3. The molecule has 0 atom stereocenters. The Balaban J connectivity index is 1.38. The summed E-state index contributed by atoms with van der Waals surface area (Å²) >= 11 is 0. The Labute approximate surface area is 219 Å². The third-order valence-electron chi connectivity index (χ3n) is 6.65. The molecule has 4 aromatic heterocycles. The first-order valence-electron chi connectivity index (χ1n) is 12.4. The second-order valence-electron chi connectivity index (χ2n) is 9.05. The first-order chi connectivity index (χ1) is 18.8. The highest BCUT2D eigenvalue weighted by molar-refractivity contribution is 6.12. The van der Waals surface area contributed by atoms with E-state index in [0.29, 0.717) is 5.82 Å². The molecule has 0 fully saturated rings. The molecule has 0 aliphatic heterocycles. The fourth-order valence-corrected chi connectivity index (χ4v) is 4.88. The van der Waals surface area contributed by atoms with E-state index >= 15 is 0 Å². The van der Waals surface area contributed by atoms with Crippen LogP contribution in [0.5, 0.6) is 0 Å². The number of rotatable bonds is 4. The molecule has 0 spiro atoms. The van der Waals surface area contributed by atoms with Crippen LogP contribution in [0, 0.1) is 0 Å². The van der Waals surface area contributed by atoms with E-state index in [4.69, 9.17) is 15.0 Å². The summed E-state index contributed by atoms with van der Waals surface area (Å²) in [5, 5.41) is 4.75. The van der Waals surface area contributed by atoms with Crippen LogP contribution in [0.3, 0.4) is 0 Å². The molecule has 7 rings (SSSR count). The SMILES string of the molecule is c1ccc(-c2cc(-c3ncc(-c4c5ccccc5cc5ccccc45)cn3)cc(-c3ccccn3)n2)nc1. The fraction of sp³-hybridized carbons (Fsp3) is 0. The summed E-state index contributed by atoms with van der Waals surface area (Å²) in [6, 6.07) is 34.7. The first-order valence-corrected chi connectivity index (χ1v) is 12.4. The van der Waals surface area contributed by atoms with E-state index in [9.17, 15) is 0 Å². The standard InChI is InChI=1S/C33H21N5/c1-3-11-26-22(9-1)17-23-10-2-4-12-27(23)32(26)25-20-36-33(37-21-25)24-18-30(28-13-5-7-15-34-28)38-31(19-24)29-14-6-8-16-35-29/h1-21H. The Morgan fingerprint density at radius 1 is 0.421 bits per heavy atom. The first kappa shape index (κ1) is 21.9. The van der Waals surface area contributed by atoms with Crippen molar-refractivity contribution in [2.75, 3.05) is 0 Å². The third kappa shape index (κ3) is 3.96. The van der Waals surface area contributed by atoms with Crippen molar-refractivity contribution in [2.24, 2.45) is 0 Å². The van der Waals surface area contributed by atoms with Crippen molar-refractivity contribution < 1.29 is 0 Å². The number of fused-ring (bicyclic) bond motifs is 2.